The third-order valence-electron chi connectivity index (χ3n) is 7.98. The second kappa shape index (κ2) is 11.6. The number of fused-ring (bicyclic) bond motifs is 1. The van der Waals surface area contributed by atoms with Crippen LogP contribution in [0.3, 0.4) is 0 Å². The van der Waals surface area contributed by atoms with Crippen LogP contribution >= 0.6 is 0 Å². The number of likely N-dealkylation sites (tertiary alicyclic amines) is 1. The van der Waals surface area contributed by atoms with E-state index < -0.39 is 11.6 Å². The van der Waals surface area contributed by atoms with Gasteiger partial charge in [-0.25, -0.2) is 9.59 Å². The Bertz CT molecular complexity index is 1580. The van der Waals surface area contributed by atoms with Crippen LogP contribution in [0.1, 0.15) is 34.3 Å². The van der Waals surface area contributed by atoms with E-state index in [4.69, 9.17) is 14.2 Å². The second-order valence-electron chi connectivity index (χ2n) is 10.6. The van der Waals surface area contributed by atoms with Crippen molar-refractivity contribution in [2.24, 2.45) is 0 Å². The van der Waals surface area contributed by atoms with Crippen molar-refractivity contribution in [1.29, 1.82) is 0 Å². The molecule has 0 radical (unpaired) electrons. The summed E-state index contributed by atoms with van der Waals surface area (Å²) in [5, 5.41) is 11.3. The lowest BCUT2D eigenvalue weighted by atomic mass is 9.84. The minimum absolute atomic E-state index is 0.148. The maximum absolute atomic E-state index is 14.1. The molecule has 0 spiro atoms. The molecule has 0 aliphatic carbocycles. The van der Waals surface area contributed by atoms with Crippen molar-refractivity contribution >= 4 is 17.7 Å². The van der Waals surface area contributed by atoms with Crippen molar-refractivity contribution in [2.75, 3.05) is 31.9 Å². The number of piperidine rings is 1. The normalized spacial score (nSPS) is 15.2. The smallest absolute Gasteiger partial charge is 0.337 e. The van der Waals surface area contributed by atoms with Crippen LogP contribution < -0.4 is 14.4 Å². The summed E-state index contributed by atoms with van der Waals surface area (Å²) in [5.74, 6) is 0.989. The second-order valence-corrected chi connectivity index (χ2v) is 10.6. The SMILES string of the molecule is COC(=O)c1ccc(CN(C(=O)N2CCC(O)(c3ccccc3)CC2)c2cccc(-c3ccc4c(c3)OCO4)c2)cc1. The highest BCUT2D eigenvalue weighted by Gasteiger charge is 2.36. The number of hydrogen-bond donors (Lipinski definition) is 1. The predicted octanol–water partition coefficient (Wildman–Crippen LogP) is 5.98. The van der Waals surface area contributed by atoms with Crippen LogP contribution in [0.5, 0.6) is 11.5 Å². The maximum atomic E-state index is 14.1. The van der Waals surface area contributed by atoms with Crippen molar-refractivity contribution in [3.63, 3.8) is 0 Å². The average molecular weight is 565 g/mol. The Kier molecular flexibility index (Phi) is 7.54. The molecule has 0 unspecified atom stereocenters. The molecule has 4 aromatic rings. The molecule has 4 aromatic carbocycles. The zero-order chi connectivity index (χ0) is 29.1. The van der Waals surface area contributed by atoms with Crippen molar-refractivity contribution in [1.82, 2.24) is 4.90 Å². The van der Waals surface area contributed by atoms with Gasteiger partial charge in [-0.2, -0.15) is 0 Å². The van der Waals surface area contributed by atoms with Gasteiger partial charge in [-0.1, -0.05) is 60.7 Å². The van der Waals surface area contributed by atoms with Gasteiger partial charge in [0, 0.05) is 18.8 Å². The molecule has 2 aliphatic heterocycles. The molecule has 6 rings (SSSR count). The molecule has 0 bridgehead atoms. The number of nitrogens with zero attached hydrogens (tertiary/aromatic N) is 2. The molecule has 2 aliphatic rings. The van der Waals surface area contributed by atoms with Crippen LogP contribution in [0.25, 0.3) is 11.1 Å². The van der Waals surface area contributed by atoms with Gasteiger partial charge >= 0.3 is 12.0 Å². The van der Waals surface area contributed by atoms with Crippen LogP contribution in [-0.4, -0.2) is 49.0 Å². The van der Waals surface area contributed by atoms with Gasteiger partial charge in [0.2, 0.25) is 6.79 Å². The van der Waals surface area contributed by atoms with Gasteiger partial charge < -0.3 is 24.2 Å². The first kappa shape index (κ1) is 27.4. The summed E-state index contributed by atoms with van der Waals surface area (Å²) < 4.78 is 15.9. The van der Waals surface area contributed by atoms with E-state index >= 15 is 0 Å². The van der Waals surface area contributed by atoms with Crippen LogP contribution in [0, 0.1) is 0 Å². The van der Waals surface area contributed by atoms with Gasteiger partial charge in [0.05, 0.1) is 24.8 Å². The lowest BCUT2D eigenvalue weighted by Crippen LogP contribution is -2.50. The molecule has 0 saturated carbocycles. The number of aliphatic hydroxyl groups is 1. The van der Waals surface area contributed by atoms with E-state index in [1.807, 2.05) is 84.9 Å². The van der Waals surface area contributed by atoms with E-state index in [1.165, 1.54) is 7.11 Å². The lowest BCUT2D eigenvalue weighted by molar-refractivity contribution is -0.0162. The van der Waals surface area contributed by atoms with E-state index in [-0.39, 0.29) is 12.8 Å². The third-order valence-corrected chi connectivity index (χ3v) is 7.98. The number of urea groups is 1. The lowest BCUT2D eigenvalue weighted by Gasteiger charge is -2.40. The highest BCUT2D eigenvalue weighted by Crippen LogP contribution is 2.37. The zero-order valence-electron chi connectivity index (χ0n) is 23.4. The van der Waals surface area contributed by atoms with Crippen LogP contribution in [-0.2, 0) is 16.9 Å². The quantitative estimate of drug-likeness (QED) is 0.290. The number of ether oxygens (including phenoxy) is 3. The largest absolute Gasteiger partial charge is 0.465 e. The molecule has 1 fully saturated rings. The minimum atomic E-state index is -0.966. The van der Waals surface area contributed by atoms with Gasteiger partial charge in [0.15, 0.2) is 11.5 Å². The summed E-state index contributed by atoms with van der Waals surface area (Å²) in [6.07, 6.45) is 0.892. The number of carbonyl (C=O) groups excluding carboxylic acids is 2. The van der Waals surface area contributed by atoms with Crippen molar-refractivity contribution in [3.8, 4) is 22.6 Å². The number of anilines is 1. The van der Waals surface area contributed by atoms with E-state index in [0.717, 1.165) is 27.9 Å². The Labute approximate surface area is 244 Å². The van der Waals surface area contributed by atoms with Crippen molar-refractivity contribution in [3.05, 3.63) is 114 Å². The summed E-state index contributed by atoms with van der Waals surface area (Å²) >= 11 is 0. The Balaban J connectivity index is 1.28. The van der Waals surface area contributed by atoms with Gasteiger partial charge in [0.1, 0.15) is 0 Å². The summed E-state index contributed by atoms with van der Waals surface area (Å²) in [6.45, 7) is 1.34. The molecule has 42 heavy (non-hydrogen) atoms. The summed E-state index contributed by atoms with van der Waals surface area (Å²) in [6, 6.07) is 30.2. The van der Waals surface area contributed by atoms with Gasteiger partial charge in [-0.3, -0.25) is 4.90 Å². The Morgan fingerprint density at radius 3 is 2.31 bits per heavy atom. The van der Waals surface area contributed by atoms with E-state index in [0.29, 0.717) is 49.5 Å². The topological polar surface area (TPSA) is 88.5 Å². The fraction of sp³-hybridized carbons (Fsp3) is 0.235. The number of carbonyl (C=O) groups is 2. The van der Waals surface area contributed by atoms with Crippen LogP contribution in [0.15, 0.2) is 97.1 Å². The molecular weight excluding hydrogens is 532 g/mol. The molecular formula is C34H32N2O6. The minimum Gasteiger partial charge on any atom is -0.465 e. The highest BCUT2D eigenvalue weighted by atomic mass is 16.7. The fourth-order valence-corrected chi connectivity index (χ4v) is 5.52. The molecule has 0 aromatic heterocycles. The Hall–Kier alpha value is -4.82. The number of esters is 1. The van der Waals surface area contributed by atoms with Crippen molar-refractivity contribution < 1.29 is 28.9 Å². The molecule has 1 saturated heterocycles. The van der Waals surface area contributed by atoms with Crippen molar-refractivity contribution in [2.45, 2.75) is 25.0 Å². The number of rotatable bonds is 6. The summed E-state index contributed by atoms with van der Waals surface area (Å²) in [7, 11) is 1.35. The number of hydrogen-bond acceptors (Lipinski definition) is 6. The van der Waals surface area contributed by atoms with Gasteiger partial charge in [-0.15, -0.1) is 0 Å². The zero-order valence-corrected chi connectivity index (χ0v) is 23.4. The molecule has 8 nitrogen and oxygen atoms in total. The van der Waals surface area contributed by atoms with E-state index in [1.54, 1.807) is 21.9 Å². The monoisotopic (exact) mass is 564 g/mol. The average Bonchev–Trinajstić information content (AvgIpc) is 3.52. The van der Waals surface area contributed by atoms with E-state index in [2.05, 4.69) is 0 Å². The van der Waals surface area contributed by atoms with Crippen LogP contribution in [0.4, 0.5) is 10.5 Å². The highest BCUT2D eigenvalue weighted by molar-refractivity contribution is 5.93. The summed E-state index contributed by atoms with van der Waals surface area (Å²) in [5.41, 5.74) is 3.82. The molecule has 0 atom stereocenters. The van der Waals surface area contributed by atoms with Gasteiger partial charge in [-0.05, 0) is 71.5 Å². The fourth-order valence-electron chi connectivity index (χ4n) is 5.52. The molecule has 214 valence electrons. The maximum Gasteiger partial charge on any atom is 0.337 e. The van der Waals surface area contributed by atoms with Gasteiger partial charge in [0.25, 0.3) is 0 Å². The third kappa shape index (κ3) is 5.53. The summed E-state index contributed by atoms with van der Waals surface area (Å²) in [4.78, 5) is 29.6. The first-order chi connectivity index (χ1) is 20.4. The van der Waals surface area contributed by atoms with E-state index in [9.17, 15) is 14.7 Å². The van der Waals surface area contributed by atoms with Crippen LogP contribution in [0.2, 0.25) is 0 Å². The molecule has 2 amide bonds. The first-order valence-corrected chi connectivity index (χ1v) is 14.0. The number of benzene rings is 4. The predicted molar refractivity (Wildman–Crippen MR) is 159 cm³/mol. The Morgan fingerprint density at radius 1 is 0.857 bits per heavy atom. The number of amides is 2. The Morgan fingerprint density at radius 2 is 1.57 bits per heavy atom. The first-order valence-electron chi connectivity index (χ1n) is 14.0. The molecule has 1 N–H and O–H groups in total. The number of methoxy groups -OCH3 is 1. The molecule has 2 heterocycles. The molecule has 8 heteroatoms. The standard InChI is InChI=1S/C34H32N2O6/c1-40-32(37)25-12-10-24(11-13-25)22-36(33(38)35-18-16-34(39,17-19-35)28-7-3-2-4-8-28)29-9-5-6-26(20-29)27-14-15-30-31(21-27)42-23-41-30/h2-15,20-21,39H,16-19,22-23H2,1H3.